The van der Waals surface area contributed by atoms with E-state index in [0.717, 1.165) is 0 Å². The van der Waals surface area contributed by atoms with Gasteiger partial charge in [0, 0.05) is 21.9 Å². The number of hydrogen-bond acceptors (Lipinski definition) is 2. The van der Waals surface area contributed by atoms with Gasteiger partial charge in [0.1, 0.15) is 11.4 Å². The number of nitrogens with zero attached hydrogens (tertiary/aromatic N) is 4. The summed E-state index contributed by atoms with van der Waals surface area (Å²) in [5.74, 6) is 0. The molecule has 0 aliphatic heterocycles. The zero-order valence-electron chi connectivity index (χ0n) is 29.0. The molecule has 0 aliphatic rings. The third-order valence-electron chi connectivity index (χ3n) is 6.06. The van der Waals surface area contributed by atoms with Gasteiger partial charge in [-0.15, -0.1) is 0 Å². The van der Waals surface area contributed by atoms with Crippen LogP contribution in [0.1, 0.15) is 13.7 Å². The summed E-state index contributed by atoms with van der Waals surface area (Å²) in [6.07, 6.45) is 0. The van der Waals surface area contributed by atoms with Gasteiger partial charge in [-0.25, -0.2) is 9.36 Å². The van der Waals surface area contributed by atoms with Crippen molar-refractivity contribution in [2.75, 3.05) is 0 Å². The number of hydrogen-bond donors (Lipinski definition) is 0. The molecule has 5 aromatic carbocycles. The van der Waals surface area contributed by atoms with Crippen molar-refractivity contribution >= 4 is 33.4 Å². The van der Waals surface area contributed by atoms with Crippen molar-refractivity contribution in [2.24, 2.45) is 0 Å². The van der Waals surface area contributed by atoms with Crippen molar-refractivity contribution in [1.29, 1.82) is 0 Å². The van der Waals surface area contributed by atoms with Crippen LogP contribution in [-0.2, 0) is 0 Å². The Morgan fingerprint density at radius 2 is 0.973 bits per heavy atom. The molecule has 2 aromatic heterocycles. The predicted octanol–water partition coefficient (Wildman–Crippen LogP) is 8.35. The topological polar surface area (TPSA) is 35.6 Å². The molecular formula is C32H21ClN4. The molecular weight excluding hydrogens is 476 g/mol. The molecule has 37 heavy (non-hydrogen) atoms. The minimum Gasteiger partial charge on any atom is -0.231 e. The molecule has 5 heteroatoms. The predicted molar refractivity (Wildman–Crippen MR) is 152 cm³/mol. The van der Waals surface area contributed by atoms with Gasteiger partial charge in [0.2, 0.25) is 0 Å². The maximum Gasteiger partial charge on any atom is 0.101 e. The Bertz CT molecular complexity index is 2230. The first-order valence-electron chi connectivity index (χ1n) is 16.3. The minimum absolute atomic E-state index is 0.0421. The molecule has 0 radical (unpaired) electrons. The van der Waals surface area contributed by atoms with E-state index in [1.807, 2.05) is 0 Å². The van der Waals surface area contributed by atoms with Gasteiger partial charge in [-0.3, -0.25) is 0 Å². The summed E-state index contributed by atoms with van der Waals surface area (Å²) >= 11 is 7.12. The Morgan fingerprint density at radius 1 is 0.541 bits per heavy atom. The summed E-state index contributed by atoms with van der Waals surface area (Å²) < 4.78 is 86.0. The fraction of sp³-hybridized carbons (Fsp3) is 0. The smallest absolute Gasteiger partial charge is 0.101 e. The van der Waals surface area contributed by atoms with E-state index in [2.05, 4.69) is 0 Å². The van der Waals surface area contributed by atoms with Crippen molar-refractivity contribution in [2.45, 2.75) is 0 Å². The fourth-order valence-corrected chi connectivity index (χ4v) is 4.73. The molecule has 0 N–H and O–H groups in total. The average Bonchev–Trinajstić information content (AvgIpc) is 3.64. The van der Waals surface area contributed by atoms with Gasteiger partial charge in [-0.05, 0) is 24.3 Å². The summed E-state index contributed by atoms with van der Waals surface area (Å²) in [6, 6.07) is 14.9. The lowest BCUT2D eigenvalue weighted by Crippen LogP contribution is -2.03. The van der Waals surface area contributed by atoms with Gasteiger partial charge in [0.15, 0.2) is 0 Å². The first kappa shape index (κ1) is 13.6. The average molecular weight is 507 g/mol. The highest BCUT2D eigenvalue weighted by atomic mass is 35.5. The Morgan fingerprint density at radius 3 is 1.43 bits per heavy atom. The molecule has 0 saturated heterocycles. The van der Waals surface area contributed by atoms with E-state index >= 15 is 0 Å². The number of aromatic nitrogens is 4. The second-order valence-corrected chi connectivity index (χ2v) is 8.54. The van der Waals surface area contributed by atoms with Crippen LogP contribution in [0.15, 0.2) is 127 Å². The quantitative estimate of drug-likeness (QED) is 0.240. The van der Waals surface area contributed by atoms with Crippen LogP contribution in [0.3, 0.4) is 0 Å². The molecule has 7 rings (SSSR count). The van der Waals surface area contributed by atoms with E-state index in [-0.39, 0.29) is 51.7 Å². The SMILES string of the molecule is [2H]c1c([2H])c([2H])c(-c2nn(-c3cccc(-n4nc(-c5c([2H])c([2H])c([2H])c([2H])c5[2H])c5ccccc54)c3Cl)c3ccccc23)c([2H])c1[2H]. The van der Waals surface area contributed by atoms with Crippen LogP contribution in [0, 0.1) is 0 Å². The highest BCUT2D eigenvalue weighted by Gasteiger charge is 2.19. The summed E-state index contributed by atoms with van der Waals surface area (Å²) in [7, 11) is 0. The van der Waals surface area contributed by atoms with Crippen LogP contribution in [0.5, 0.6) is 0 Å². The van der Waals surface area contributed by atoms with E-state index < -0.39 is 36.3 Å². The van der Waals surface area contributed by atoms with Gasteiger partial charge in [-0.2, -0.15) is 10.2 Å². The van der Waals surface area contributed by atoms with Crippen molar-refractivity contribution in [1.82, 2.24) is 19.6 Å². The largest absolute Gasteiger partial charge is 0.231 e. The molecule has 176 valence electrons. The van der Waals surface area contributed by atoms with Gasteiger partial charge < -0.3 is 0 Å². The van der Waals surface area contributed by atoms with Crippen molar-refractivity contribution in [3.63, 3.8) is 0 Å². The maximum atomic E-state index is 8.55. The molecule has 0 amide bonds. The highest BCUT2D eigenvalue weighted by molar-refractivity contribution is 6.34. The first-order valence-corrected chi connectivity index (χ1v) is 11.7. The molecule has 7 aromatic rings. The standard InChI is InChI=1S/C32H21ClN4/c33-30-28(36-26-18-9-7-16-24(26)31(34-36)22-12-3-1-4-13-22)20-11-21-29(30)37-27-19-10-8-17-25(27)32(35-37)23-14-5-2-6-15-23/h1-21H/i1D,2D,3D,4D,5D,6D,12D,13D,14D,15D. The lowest BCUT2D eigenvalue weighted by atomic mass is 10.1. The number of halogens is 1. The van der Waals surface area contributed by atoms with Crippen LogP contribution in [0.25, 0.3) is 55.7 Å². The van der Waals surface area contributed by atoms with Crippen LogP contribution in [0.4, 0.5) is 0 Å². The van der Waals surface area contributed by atoms with Gasteiger partial charge in [-0.1, -0.05) is 114 Å². The first-order chi connectivity index (χ1) is 22.4. The van der Waals surface area contributed by atoms with Crippen LogP contribution in [-0.4, -0.2) is 19.6 Å². The molecule has 0 unspecified atom stereocenters. The second-order valence-electron chi connectivity index (χ2n) is 8.17. The van der Waals surface area contributed by atoms with Crippen molar-refractivity contribution < 1.29 is 13.7 Å². The van der Waals surface area contributed by atoms with Crippen LogP contribution < -0.4 is 0 Å². The Balaban J connectivity index is 1.48. The van der Waals surface area contributed by atoms with Gasteiger partial charge >= 0.3 is 0 Å². The number of benzene rings is 5. The van der Waals surface area contributed by atoms with Crippen LogP contribution >= 0.6 is 11.6 Å². The third-order valence-corrected chi connectivity index (χ3v) is 6.45. The zero-order valence-corrected chi connectivity index (χ0v) is 19.8. The number of para-hydroxylation sites is 2. The van der Waals surface area contributed by atoms with E-state index in [9.17, 15) is 0 Å². The normalized spacial score (nSPS) is 15.2. The molecule has 4 nitrogen and oxygen atoms in total. The zero-order chi connectivity index (χ0) is 33.5. The molecule has 0 atom stereocenters. The number of fused-ring (bicyclic) bond motifs is 2. The van der Waals surface area contributed by atoms with E-state index in [1.165, 1.54) is 0 Å². The molecule has 0 aliphatic carbocycles. The Kier molecular flexibility index (Phi) is 3.22. The summed E-state index contributed by atoms with van der Waals surface area (Å²) in [6.45, 7) is 0. The van der Waals surface area contributed by atoms with E-state index in [4.69, 9.17) is 35.5 Å². The molecule has 0 fully saturated rings. The molecule has 0 spiro atoms. The van der Waals surface area contributed by atoms with Gasteiger partial charge in [0.25, 0.3) is 0 Å². The van der Waals surface area contributed by atoms with Crippen LogP contribution in [0.2, 0.25) is 5.02 Å². The Labute approximate surface area is 233 Å². The summed E-state index contributed by atoms with van der Waals surface area (Å²) in [5, 5.41) is 10.8. The third kappa shape index (κ3) is 3.53. The summed E-state index contributed by atoms with van der Waals surface area (Å²) in [5.41, 5.74) is 2.24. The maximum absolute atomic E-state index is 8.55. The van der Waals surface area contributed by atoms with Crippen molar-refractivity contribution in [3.8, 4) is 33.9 Å². The van der Waals surface area contributed by atoms with E-state index in [0.29, 0.717) is 33.2 Å². The highest BCUT2D eigenvalue weighted by Crippen LogP contribution is 2.36. The lowest BCUT2D eigenvalue weighted by molar-refractivity contribution is 0.890. The number of rotatable bonds is 4. The Hall–Kier alpha value is -4.67. The molecule has 0 bridgehead atoms. The fourth-order valence-electron chi connectivity index (χ4n) is 4.44. The lowest BCUT2D eigenvalue weighted by Gasteiger charge is -2.11. The summed E-state index contributed by atoms with van der Waals surface area (Å²) in [4.78, 5) is 0. The second kappa shape index (κ2) is 8.77. The molecule has 2 heterocycles. The molecule has 0 saturated carbocycles. The minimum atomic E-state index is -0.502. The van der Waals surface area contributed by atoms with E-state index in [1.54, 1.807) is 76.1 Å². The monoisotopic (exact) mass is 506 g/mol. The van der Waals surface area contributed by atoms with Gasteiger partial charge in [0.05, 0.1) is 41.1 Å². The van der Waals surface area contributed by atoms with Crippen molar-refractivity contribution in [3.05, 3.63) is 132 Å².